The van der Waals surface area contributed by atoms with Crippen molar-refractivity contribution in [1.29, 1.82) is 0 Å². The lowest BCUT2D eigenvalue weighted by Crippen LogP contribution is -2.20. The van der Waals surface area contributed by atoms with Gasteiger partial charge in [0.1, 0.15) is 5.70 Å². The second-order valence-corrected chi connectivity index (χ2v) is 2.85. The lowest BCUT2D eigenvalue weighted by atomic mass is 10.1. The van der Waals surface area contributed by atoms with Gasteiger partial charge in [0, 0.05) is 0 Å². The average Bonchev–Trinajstić information content (AvgIpc) is 2.18. The van der Waals surface area contributed by atoms with E-state index in [2.05, 4.69) is 0 Å². The van der Waals surface area contributed by atoms with Crippen LogP contribution in [0.25, 0.3) is 0 Å². The van der Waals surface area contributed by atoms with Gasteiger partial charge >= 0.3 is 5.97 Å². The molecule has 74 valence electrons. The van der Waals surface area contributed by atoms with E-state index >= 15 is 0 Å². The summed E-state index contributed by atoms with van der Waals surface area (Å²) in [6.45, 7) is 3.42. The molecule has 1 aliphatic heterocycles. The van der Waals surface area contributed by atoms with Gasteiger partial charge in [-0.05, 0) is 25.3 Å². The Bertz CT molecular complexity index is 215. The van der Waals surface area contributed by atoms with Crippen LogP contribution >= 0.6 is 0 Å². The SMILES string of the molecule is CCOC(=O)C(N)=C1CCOCC1. The number of nitrogens with two attached hydrogens (primary N) is 1. The van der Waals surface area contributed by atoms with Crippen LogP contribution in [-0.4, -0.2) is 25.8 Å². The molecule has 1 heterocycles. The monoisotopic (exact) mass is 185 g/mol. The predicted molar refractivity (Wildman–Crippen MR) is 47.9 cm³/mol. The molecule has 0 radical (unpaired) electrons. The molecule has 2 N–H and O–H groups in total. The molecule has 0 aromatic heterocycles. The molecule has 0 bridgehead atoms. The molecule has 0 amide bonds. The highest BCUT2D eigenvalue weighted by atomic mass is 16.5. The van der Waals surface area contributed by atoms with E-state index in [0.29, 0.717) is 19.8 Å². The van der Waals surface area contributed by atoms with Crippen molar-refractivity contribution < 1.29 is 14.3 Å². The maximum absolute atomic E-state index is 11.2. The first-order valence-corrected chi connectivity index (χ1v) is 4.48. The number of carbonyl (C=O) groups excluding carboxylic acids is 1. The zero-order chi connectivity index (χ0) is 9.68. The number of ether oxygens (including phenoxy) is 2. The molecule has 0 aliphatic carbocycles. The number of esters is 1. The minimum Gasteiger partial charge on any atom is -0.461 e. The van der Waals surface area contributed by atoms with Crippen LogP contribution in [0.3, 0.4) is 0 Å². The Balaban J connectivity index is 2.60. The van der Waals surface area contributed by atoms with Crippen LogP contribution in [-0.2, 0) is 14.3 Å². The van der Waals surface area contributed by atoms with Gasteiger partial charge in [-0.2, -0.15) is 0 Å². The molecule has 1 fully saturated rings. The summed E-state index contributed by atoms with van der Waals surface area (Å²) in [6, 6.07) is 0. The van der Waals surface area contributed by atoms with Crippen LogP contribution in [0.2, 0.25) is 0 Å². The standard InChI is InChI=1S/C9H15NO3/c1-2-13-9(11)8(10)7-3-5-12-6-4-7/h2-6,10H2,1H3. The van der Waals surface area contributed by atoms with Gasteiger partial charge in [0.05, 0.1) is 19.8 Å². The third-order valence-corrected chi connectivity index (χ3v) is 1.97. The summed E-state index contributed by atoms with van der Waals surface area (Å²) in [5.74, 6) is -0.403. The Kier molecular flexibility index (Phi) is 3.76. The van der Waals surface area contributed by atoms with Crippen LogP contribution in [0, 0.1) is 0 Å². The molecule has 1 rings (SSSR count). The van der Waals surface area contributed by atoms with Crippen molar-refractivity contribution in [3.8, 4) is 0 Å². The molecule has 13 heavy (non-hydrogen) atoms. The highest BCUT2D eigenvalue weighted by Gasteiger charge is 2.15. The van der Waals surface area contributed by atoms with Crippen LogP contribution in [0.4, 0.5) is 0 Å². The van der Waals surface area contributed by atoms with Crippen molar-refractivity contribution in [2.24, 2.45) is 5.73 Å². The third-order valence-electron chi connectivity index (χ3n) is 1.97. The summed E-state index contributed by atoms with van der Waals surface area (Å²) < 4.78 is 9.94. The van der Waals surface area contributed by atoms with Crippen LogP contribution in [0.1, 0.15) is 19.8 Å². The van der Waals surface area contributed by atoms with Crippen LogP contribution < -0.4 is 5.73 Å². The molecule has 0 aromatic carbocycles. The maximum atomic E-state index is 11.2. The topological polar surface area (TPSA) is 61.5 Å². The molecular formula is C9H15NO3. The summed E-state index contributed by atoms with van der Waals surface area (Å²) in [5.41, 5.74) is 6.86. The van der Waals surface area contributed by atoms with Crippen molar-refractivity contribution >= 4 is 5.97 Å². The third kappa shape index (κ3) is 2.73. The first-order chi connectivity index (χ1) is 6.25. The van der Waals surface area contributed by atoms with E-state index in [0.717, 1.165) is 18.4 Å². The van der Waals surface area contributed by atoms with Gasteiger partial charge in [-0.25, -0.2) is 4.79 Å². The van der Waals surface area contributed by atoms with E-state index < -0.39 is 5.97 Å². The Morgan fingerprint density at radius 1 is 1.54 bits per heavy atom. The molecule has 0 spiro atoms. The molecule has 0 saturated carbocycles. The molecule has 4 nitrogen and oxygen atoms in total. The minimum absolute atomic E-state index is 0.269. The summed E-state index contributed by atoms with van der Waals surface area (Å²) in [6.07, 6.45) is 1.48. The predicted octanol–water partition coefficient (Wildman–Crippen LogP) is 0.573. The van der Waals surface area contributed by atoms with E-state index in [9.17, 15) is 4.79 Å². The second-order valence-electron chi connectivity index (χ2n) is 2.85. The molecule has 0 atom stereocenters. The van der Waals surface area contributed by atoms with Gasteiger partial charge in [0.2, 0.25) is 0 Å². The number of hydrogen-bond donors (Lipinski definition) is 1. The number of hydrogen-bond acceptors (Lipinski definition) is 4. The van der Waals surface area contributed by atoms with Gasteiger partial charge in [-0.3, -0.25) is 0 Å². The molecule has 1 aliphatic rings. The first kappa shape index (κ1) is 10.1. The van der Waals surface area contributed by atoms with Crippen LogP contribution in [0.5, 0.6) is 0 Å². The van der Waals surface area contributed by atoms with Crippen LogP contribution in [0.15, 0.2) is 11.3 Å². The van der Waals surface area contributed by atoms with Crippen molar-refractivity contribution in [3.63, 3.8) is 0 Å². The highest BCUT2D eigenvalue weighted by Crippen LogP contribution is 2.15. The summed E-state index contributed by atoms with van der Waals surface area (Å²) in [5, 5.41) is 0. The Morgan fingerprint density at radius 3 is 2.69 bits per heavy atom. The van der Waals surface area contributed by atoms with Crippen molar-refractivity contribution in [2.75, 3.05) is 19.8 Å². The van der Waals surface area contributed by atoms with E-state index in [1.165, 1.54) is 0 Å². The quantitative estimate of drug-likeness (QED) is 0.504. The fourth-order valence-electron chi connectivity index (χ4n) is 1.24. The van der Waals surface area contributed by atoms with Gasteiger partial charge in [0.15, 0.2) is 0 Å². The largest absolute Gasteiger partial charge is 0.461 e. The van der Waals surface area contributed by atoms with Crippen molar-refractivity contribution in [3.05, 3.63) is 11.3 Å². The summed E-state index contributed by atoms with van der Waals surface area (Å²) >= 11 is 0. The van der Waals surface area contributed by atoms with E-state index in [-0.39, 0.29) is 5.70 Å². The van der Waals surface area contributed by atoms with Gasteiger partial charge < -0.3 is 15.2 Å². The summed E-state index contributed by atoms with van der Waals surface area (Å²) in [7, 11) is 0. The number of carbonyl (C=O) groups is 1. The highest BCUT2D eigenvalue weighted by molar-refractivity contribution is 5.88. The van der Waals surface area contributed by atoms with Gasteiger partial charge in [-0.1, -0.05) is 0 Å². The molecule has 0 unspecified atom stereocenters. The number of rotatable bonds is 2. The minimum atomic E-state index is -0.403. The van der Waals surface area contributed by atoms with Crippen molar-refractivity contribution in [2.45, 2.75) is 19.8 Å². The lowest BCUT2D eigenvalue weighted by Gasteiger charge is -2.16. The fourth-order valence-corrected chi connectivity index (χ4v) is 1.24. The maximum Gasteiger partial charge on any atom is 0.354 e. The van der Waals surface area contributed by atoms with Gasteiger partial charge in [0.25, 0.3) is 0 Å². The van der Waals surface area contributed by atoms with E-state index in [4.69, 9.17) is 15.2 Å². The zero-order valence-corrected chi connectivity index (χ0v) is 7.84. The summed E-state index contributed by atoms with van der Waals surface area (Å²) in [4.78, 5) is 11.2. The second kappa shape index (κ2) is 4.87. The molecular weight excluding hydrogens is 170 g/mol. The zero-order valence-electron chi connectivity index (χ0n) is 7.84. The average molecular weight is 185 g/mol. The first-order valence-electron chi connectivity index (χ1n) is 4.48. The van der Waals surface area contributed by atoms with E-state index in [1.54, 1.807) is 6.92 Å². The van der Waals surface area contributed by atoms with E-state index in [1.807, 2.05) is 0 Å². The normalized spacial score (nSPS) is 16.8. The molecule has 4 heteroatoms. The smallest absolute Gasteiger partial charge is 0.354 e. The molecule has 0 aromatic rings. The Hall–Kier alpha value is -1.03. The Morgan fingerprint density at radius 2 is 2.15 bits per heavy atom. The van der Waals surface area contributed by atoms with Gasteiger partial charge in [-0.15, -0.1) is 0 Å². The fraction of sp³-hybridized carbons (Fsp3) is 0.667. The Labute approximate surface area is 77.7 Å². The molecule has 1 saturated heterocycles. The lowest BCUT2D eigenvalue weighted by molar-refractivity contribution is -0.138. The van der Waals surface area contributed by atoms with Crippen molar-refractivity contribution in [1.82, 2.24) is 0 Å².